The number of ether oxygens (including phenoxy) is 1. The van der Waals surface area contributed by atoms with E-state index in [0.29, 0.717) is 17.0 Å². The van der Waals surface area contributed by atoms with E-state index in [-0.39, 0.29) is 17.4 Å². The van der Waals surface area contributed by atoms with Gasteiger partial charge < -0.3 is 4.74 Å². The van der Waals surface area contributed by atoms with Gasteiger partial charge in [0.15, 0.2) is 0 Å². The van der Waals surface area contributed by atoms with Crippen molar-refractivity contribution >= 4 is 35.3 Å². The lowest BCUT2D eigenvalue weighted by atomic mass is 10.1. The number of amides is 2. The molecule has 0 unspecified atom stereocenters. The molecule has 1 heterocycles. The molecule has 0 saturated carbocycles. The lowest BCUT2D eigenvalue weighted by Crippen LogP contribution is -2.40. The molecule has 1 aliphatic rings. The van der Waals surface area contributed by atoms with Crippen molar-refractivity contribution in [2.24, 2.45) is 0 Å². The lowest BCUT2D eigenvalue weighted by molar-refractivity contribution is -0.126. The third kappa shape index (κ3) is 3.52. The van der Waals surface area contributed by atoms with Gasteiger partial charge in [-0.1, -0.05) is 24.3 Å². The van der Waals surface area contributed by atoms with Gasteiger partial charge in [-0.2, -0.15) is 0 Å². The normalized spacial score (nSPS) is 14.1. The molecule has 0 fully saturated rings. The standard InChI is InChI=1S/C18H16N2O4S/c1-24-13-8-6-12(7-9-13)10-15(18(22)19-23)20-14-4-2-3-5-16(14)25-11-17(20)21/h2-10,23H,11H2,1H3,(H,19,22)/b15-10-. The summed E-state index contributed by atoms with van der Waals surface area (Å²) in [6.45, 7) is 0. The van der Waals surface area contributed by atoms with Crippen molar-refractivity contribution in [3.63, 3.8) is 0 Å². The molecular formula is C18H16N2O4S. The van der Waals surface area contributed by atoms with Crippen molar-refractivity contribution in [1.29, 1.82) is 0 Å². The van der Waals surface area contributed by atoms with Crippen molar-refractivity contribution in [3.8, 4) is 5.75 Å². The van der Waals surface area contributed by atoms with Gasteiger partial charge in [0.25, 0.3) is 5.91 Å². The predicted molar refractivity (Wildman–Crippen MR) is 95.6 cm³/mol. The zero-order chi connectivity index (χ0) is 17.8. The highest BCUT2D eigenvalue weighted by Gasteiger charge is 2.30. The van der Waals surface area contributed by atoms with Crippen molar-refractivity contribution in [3.05, 3.63) is 59.8 Å². The number of nitrogens with one attached hydrogen (secondary N) is 1. The fourth-order valence-corrected chi connectivity index (χ4v) is 3.40. The summed E-state index contributed by atoms with van der Waals surface area (Å²) < 4.78 is 5.12. The quantitative estimate of drug-likeness (QED) is 0.500. The van der Waals surface area contributed by atoms with Crippen molar-refractivity contribution < 1.29 is 19.5 Å². The van der Waals surface area contributed by atoms with Gasteiger partial charge in [-0.15, -0.1) is 11.8 Å². The number of carbonyl (C=O) groups excluding carboxylic acids is 2. The molecule has 128 valence electrons. The molecule has 2 N–H and O–H groups in total. The highest BCUT2D eigenvalue weighted by molar-refractivity contribution is 8.00. The van der Waals surface area contributed by atoms with Crippen LogP contribution < -0.4 is 15.1 Å². The number of methoxy groups -OCH3 is 1. The van der Waals surface area contributed by atoms with E-state index in [1.54, 1.807) is 55.1 Å². The summed E-state index contributed by atoms with van der Waals surface area (Å²) in [5, 5.41) is 9.13. The number of hydrogen-bond acceptors (Lipinski definition) is 5. The number of thioether (sulfide) groups is 1. The summed E-state index contributed by atoms with van der Waals surface area (Å²) in [7, 11) is 1.57. The molecule has 25 heavy (non-hydrogen) atoms. The first-order valence-corrected chi connectivity index (χ1v) is 8.47. The molecule has 2 aromatic rings. The molecule has 0 spiro atoms. The van der Waals surface area contributed by atoms with Crippen LogP contribution in [-0.4, -0.2) is 29.9 Å². The zero-order valence-corrected chi connectivity index (χ0v) is 14.2. The van der Waals surface area contributed by atoms with E-state index in [0.717, 1.165) is 4.90 Å². The van der Waals surface area contributed by atoms with Crippen LogP contribution in [0.4, 0.5) is 5.69 Å². The smallest absolute Gasteiger partial charge is 0.291 e. The molecule has 0 radical (unpaired) electrons. The first-order chi connectivity index (χ1) is 12.1. The zero-order valence-electron chi connectivity index (χ0n) is 13.4. The molecule has 6 nitrogen and oxygen atoms in total. The van der Waals surface area contributed by atoms with Crippen molar-refractivity contribution in [2.75, 3.05) is 17.8 Å². The fourth-order valence-electron chi connectivity index (χ4n) is 2.51. The molecular weight excluding hydrogens is 340 g/mol. The Kier molecular flexibility index (Phi) is 5.06. The Labute approximate surface area is 149 Å². The van der Waals surface area contributed by atoms with Crippen LogP contribution in [0.25, 0.3) is 6.08 Å². The number of anilines is 1. The maximum atomic E-state index is 12.5. The van der Waals surface area contributed by atoms with E-state index in [4.69, 9.17) is 9.94 Å². The molecule has 2 aromatic carbocycles. The molecule has 0 atom stereocenters. The van der Waals surface area contributed by atoms with E-state index in [1.807, 2.05) is 12.1 Å². The number of hydroxylamine groups is 1. The second kappa shape index (κ2) is 7.42. The fraction of sp³-hybridized carbons (Fsp3) is 0.111. The van der Waals surface area contributed by atoms with Crippen LogP contribution in [0.1, 0.15) is 5.56 Å². The Bertz CT molecular complexity index is 833. The van der Waals surface area contributed by atoms with Crippen LogP contribution in [0.2, 0.25) is 0 Å². The summed E-state index contributed by atoms with van der Waals surface area (Å²) in [6, 6.07) is 14.4. The summed E-state index contributed by atoms with van der Waals surface area (Å²) in [5.74, 6) is -0.0885. The van der Waals surface area contributed by atoms with Crippen LogP contribution in [0.3, 0.4) is 0 Å². The van der Waals surface area contributed by atoms with Gasteiger partial charge in [0.05, 0.1) is 18.6 Å². The number of rotatable bonds is 4. The monoisotopic (exact) mass is 356 g/mol. The maximum Gasteiger partial charge on any atom is 0.291 e. The number of fused-ring (bicyclic) bond motifs is 1. The summed E-state index contributed by atoms with van der Waals surface area (Å²) >= 11 is 1.42. The molecule has 0 aliphatic carbocycles. The Morgan fingerprint density at radius 2 is 1.96 bits per heavy atom. The summed E-state index contributed by atoms with van der Waals surface area (Å²) in [4.78, 5) is 27.0. The van der Waals surface area contributed by atoms with Gasteiger partial charge in [0, 0.05) is 4.90 Å². The number of nitrogens with zero attached hydrogens (tertiary/aromatic N) is 1. The second-order valence-corrected chi connectivity index (χ2v) is 6.25. The van der Waals surface area contributed by atoms with E-state index >= 15 is 0 Å². The number of carbonyl (C=O) groups is 2. The molecule has 0 saturated heterocycles. The molecule has 0 aromatic heterocycles. The van der Waals surface area contributed by atoms with Crippen LogP contribution >= 0.6 is 11.8 Å². The maximum absolute atomic E-state index is 12.5. The molecule has 2 amide bonds. The first kappa shape index (κ1) is 17.1. The van der Waals surface area contributed by atoms with Gasteiger partial charge in [0.1, 0.15) is 11.4 Å². The highest BCUT2D eigenvalue weighted by atomic mass is 32.2. The number of para-hydroxylation sites is 1. The van der Waals surface area contributed by atoms with Gasteiger partial charge in [-0.05, 0) is 35.9 Å². The Morgan fingerprint density at radius 3 is 2.64 bits per heavy atom. The average Bonchev–Trinajstić information content (AvgIpc) is 2.66. The predicted octanol–water partition coefficient (Wildman–Crippen LogP) is 2.68. The molecule has 1 aliphatic heterocycles. The largest absolute Gasteiger partial charge is 0.497 e. The minimum absolute atomic E-state index is 0.0467. The summed E-state index contributed by atoms with van der Waals surface area (Å²) in [5.41, 5.74) is 2.99. The number of benzene rings is 2. The lowest BCUT2D eigenvalue weighted by Gasteiger charge is -2.29. The summed E-state index contributed by atoms with van der Waals surface area (Å²) in [6.07, 6.45) is 1.55. The van der Waals surface area contributed by atoms with Crippen LogP contribution in [0.5, 0.6) is 5.75 Å². The minimum Gasteiger partial charge on any atom is -0.497 e. The third-order valence-corrected chi connectivity index (χ3v) is 4.75. The van der Waals surface area contributed by atoms with E-state index in [9.17, 15) is 9.59 Å². The number of hydrogen-bond donors (Lipinski definition) is 2. The Balaban J connectivity index is 2.08. The van der Waals surface area contributed by atoms with E-state index in [2.05, 4.69) is 0 Å². The average molecular weight is 356 g/mol. The first-order valence-electron chi connectivity index (χ1n) is 7.49. The SMILES string of the molecule is COc1ccc(/C=C(/C(=O)NO)N2C(=O)CSc3ccccc32)cc1. The van der Waals surface area contributed by atoms with Crippen LogP contribution in [0.15, 0.2) is 59.1 Å². The molecule has 0 bridgehead atoms. The Morgan fingerprint density at radius 1 is 1.24 bits per heavy atom. The highest BCUT2D eigenvalue weighted by Crippen LogP contribution is 2.37. The van der Waals surface area contributed by atoms with Crippen LogP contribution in [0, 0.1) is 0 Å². The van der Waals surface area contributed by atoms with Crippen molar-refractivity contribution in [1.82, 2.24) is 5.48 Å². The minimum atomic E-state index is -0.758. The topological polar surface area (TPSA) is 78.9 Å². The van der Waals surface area contributed by atoms with Crippen molar-refractivity contribution in [2.45, 2.75) is 4.90 Å². The van der Waals surface area contributed by atoms with Crippen LogP contribution in [-0.2, 0) is 9.59 Å². The van der Waals surface area contributed by atoms with Gasteiger partial charge in [-0.3, -0.25) is 19.7 Å². The molecule has 3 rings (SSSR count). The van der Waals surface area contributed by atoms with Gasteiger partial charge in [0.2, 0.25) is 5.91 Å². The van der Waals surface area contributed by atoms with E-state index < -0.39 is 5.91 Å². The second-order valence-electron chi connectivity index (χ2n) is 5.23. The van der Waals surface area contributed by atoms with Gasteiger partial charge in [-0.25, -0.2) is 5.48 Å². The van der Waals surface area contributed by atoms with Gasteiger partial charge >= 0.3 is 0 Å². The molecule has 7 heteroatoms. The Hall–Kier alpha value is -2.77. The third-order valence-electron chi connectivity index (χ3n) is 3.70. The van der Waals surface area contributed by atoms with E-state index in [1.165, 1.54) is 16.7 Å².